The number of ether oxygens (including phenoxy) is 5. The minimum atomic E-state index is -2.43. The van der Waals surface area contributed by atoms with E-state index >= 15 is 0 Å². The fraction of sp³-hybridized carbons (Fsp3) is 0.731. The fourth-order valence-electron chi connectivity index (χ4n) is 10.7. The number of hydrogen-bond donors (Lipinski definition) is 2. The van der Waals surface area contributed by atoms with Crippen LogP contribution in [0.5, 0.6) is 0 Å². The van der Waals surface area contributed by atoms with Gasteiger partial charge in [0.2, 0.25) is 5.79 Å². The molecular weight excluding hydrogens is 887 g/mol. The summed E-state index contributed by atoms with van der Waals surface area (Å²) in [6, 6.07) is -1.19. The molecule has 0 aromatic carbocycles. The van der Waals surface area contributed by atoms with Crippen molar-refractivity contribution in [2.24, 2.45) is 35.5 Å². The number of esters is 1. The second kappa shape index (κ2) is 25.7. The number of methoxy groups -OCH3 is 3. The Morgan fingerprint density at radius 3 is 2.32 bits per heavy atom. The molecule has 1 amide bonds. The Morgan fingerprint density at radius 1 is 0.884 bits per heavy atom. The molecule has 4 heterocycles. The third-order valence-corrected chi connectivity index (χ3v) is 15.2. The number of aliphatic hydroxyl groups excluding tert-OH is 1. The van der Waals surface area contributed by atoms with E-state index in [9.17, 15) is 34.2 Å². The summed E-state index contributed by atoms with van der Waals surface area (Å²) in [5.74, 6) is -7.92. The Balaban J connectivity index is 1.46. The molecule has 5 rings (SSSR count). The van der Waals surface area contributed by atoms with E-state index in [1.54, 1.807) is 52.1 Å². The van der Waals surface area contributed by atoms with Gasteiger partial charge in [0.05, 0.1) is 24.4 Å². The predicted molar refractivity (Wildman–Crippen MR) is 256 cm³/mol. The van der Waals surface area contributed by atoms with Gasteiger partial charge in [-0.2, -0.15) is 0 Å². The highest BCUT2D eigenvalue weighted by Crippen LogP contribution is 2.39. The van der Waals surface area contributed by atoms with Crippen LogP contribution in [-0.4, -0.2) is 141 Å². The number of ketones is 3. The van der Waals surface area contributed by atoms with Gasteiger partial charge in [-0.3, -0.25) is 19.2 Å². The van der Waals surface area contributed by atoms with Crippen molar-refractivity contribution in [1.29, 1.82) is 0 Å². The molecular formula is C52H79N5O12. The number of carbonyl (C=O) groups excluding carboxylic acids is 5. The summed E-state index contributed by atoms with van der Waals surface area (Å²) in [5.41, 5.74) is 1.27. The van der Waals surface area contributed by atoms with Gasteiger partial charge in [0.25, 0.3) is 11.7 Å². The van der Waals surface area contributed by atoms with Gasteiger partial charge in [-0.1, -0.05) is 71.1 Å². The number of cyclic esters (lactones) is 1. The average Bonchev–Trinajstić information content (AvgIpc) is 3.88. The second-order valence-corrected chi connectivity index (χ2v) is 20.4. The van der Waals surface area contributed by atoms with Crippen LogP contribution in [0.4, 0.5) is 0 Å². The van der Waals surface area contributed by atoms with Crippen LogP contribution in [0, 0.1) is 35.5 Å². The maximum absolute atomic E-state index is 14.5. The summed E-state index contributed by atoms with van der Waals surface area (Å²) >= 11 is 0. The van der Waals surface area contributed by atoms with Crippen LogP contribution >= 0.6 is 0 Å². The molecule has 0 radical (unpaired) electrons. The number of piperidine rings is 1. The Kier molecular flexibility index (Phi) is 20.8. The van der Waals surface area contributed by atoms with Crippen molar-refractivity contribution in [2.75, 3.05) is 27.9 Å². The summed E-state index contributed by atoms with van der Waals surface area (Å²) in [6.07, 6.45) is 13.9. The standard InChI is InChI=1S/C52H79N5O12/c1-31-16-12-11-13-17-32(2)43(65-8)28-39-21-19-37(7)52(64,69-39)49(61)50(62)56-23-15-14-18-41(56)51(63)68-44(34(4)26-38-20-22-40(45(27-38)66-9)57-30-53-54-55-57)29-42(58)33(3)25-36(6)47(60)48(67-10)46(59)35(5)24-31/h11-13,16-17,25,30-31,33-35,37-41,43-45,47-48,60,64H,14-15,18-24,26-29H2,1-10H3/b13-11?,16-12+,32-17?,36-25+/t31-,33-,34-,35-,37-,38?,39+,40+,41?,43+,44+,45-,47-,48+,52-/m1/s1. The van der Waals surface area contributed by atoms with Crippen LogP contribution in [0.2, 0.25) is 0 Å². The lowest BCUT2D eigenvalue weighted by molar-refractivity contribution is -0.265. The number of Topliss-reactive ketones (excluding diaryl/α,β-unsaturated/α-hetero) is 3. The first-order valence-electron chi connectivity index (χ1n) is 25.0. The molecule has 2 N–H and O–H groups in total. The number of aliphatic hydroxyl groups is 2. The molecule has 2 unspecified atom stereocenters. The summed E-state index contributed by atoms with van der Waals surface area (Å²) in [5, 5.41) is 35.2. The largest absolute Gasteiger partial charge is 0.460 e. The molecule has 1 saturated carbocycles. The molecule has 4 aliphatic rings. The monoisotopic (exact) mass is 966 g/mol. The van der Waals surface area contributed by atoms with E-state index in [1.165, 1.54) is 12.0 Å². The van der Waals surface area contributed by atoms with Gasteiger partial charge in [0.15, 0.2) is 5.78 Å². The number of nitrogens with zero attached hydrogens (tertiary/aromatic N) is 5. The highest BCUT2D eigenvalue weighted by atomic mass is 16.6. The maximum atomic E-state index is 14.5. The van der Waals surface area contributed by atoms with Crippen LogP contribution in [-0.2, 0) is 47.7 Å². The SMILES string of the molecule is CO[C@H]1C[C@@H]2CC[C@@H](C)[C@@](O)(O2)C(=O)C(=O)N2CCCCC2C(=O)O[C@H]([C@H](C)CC2CC[C@H](n3cnnn3)[C@H](OC)C2)CC(=O)[C@H](C)/C=C(\C)[C@@H](O)[C@@H](OC)C(=O)[C@H](C)C[C@H](C)/C=C/C=CC=C1C. The number of allylic oxidation sites excluding steroid dienone is 6. The van der Waals surface area contributed by atoms with Crippen LogP contribution in [0.25, 0.3) is 0 Å². The van der Waals surface area contributed by atoms with Gasteiger partial charge in [-0.25, -0.2) is 9.48 Å². The molecule has 1 aliphatic carbocycles. The molecule has 2 bridgehead atoms. The van der Waals surface area contributed by atoms with Crippen LogP contribution < -0.4 is 0 Å². The fourth-order valence-corrected chi connectivity index (χ4v) is 10.7. The zero-order chi connectivity index (χ0) is 50.6. The number of aromatic nitrogens is 4. The van der Waals surface area contributed by atoms with Gasteiger partial charge in [-0.15, -0.1) is 5.10 Å². The highest BCUT2D eigenvalue weighted by Gasteiger charge is 2.53. The van der Waals surface area contributed by atoms with Crippen molar-refractivity contribution in [1.82, 2.24) is 25.1 Å². The van der Waals surface area contributed by atoms with Crippen molar-refractivity contribution < 1.29 is 57.9 Å². The van der Waals surface area contributed by atoms with Crippen molar-refractivity contribution in [3.63, 3.8) is 0 Å². The van der Waals surface area contributed by atoms with Gasteiger partial charge in [-0.05, 0) is 117 Å². The molecule has 2 saturated heterocycles. The van der Waals surface area contributed by atoms with Gasteiger partial charge in [0.1, 0.15) is 36.5 Å². The number of hydrogen-bond acceptors (Lipinski definition) is 15. The van der Waals surface area contributed by atoms with Crippen molar-refractivity contribution in [2.45, 2.75) is 180 Å². The predicted octanol–water partition coefficient (Wildman–Crippen LogP) is 6.05. The van der Waals surface area contributed by atoms with E-state index in [1.807, 2.05) is 58.1 Å². The van der Waals surface area contributed by atoms with E-state index in [-0.39, 0.29) is 60.9 Å². The molecule has 1 aromatic rings. The second-order valence-electron chi connectivity index (χ2n) is 20.4. The lowest BCUT2D eigenvalue weighted by atomic mass is 9.77. The van der Waals surface area contributed by atoms with Crippen molar-refractivity contribution in [3.8, 4) is 0 Å². The summed E-state index contributed by atoms with van der Waals surface area (Å²) in [4.78, 5) is 72.3. The lowest BCUT2D eigenvalue weighted by Crippen LogP contribution is -2.61. The molecule has 15 atom stereocenters. The van der Waals surface area contributed by atoms with E-state index in [0.29, 0.717) is 56.9 Å². The molecule has 3 aliphatic heterocycles. The summed E-state index contributed by atoms with van der Waals surface area (Å²) in [7, 11) is 4.62. The van der Waals surface area contributed by atoms with Crippen molar-refractivity contribution >= 4 is 29.2 Å². The number of rotatable bonds is 7. The first kappa shape index (κ1) is 55.7. The molecule has 17 heteroatoms. The van der Waals surface area contributed by atoms with Crippen LogP contribution in [0.3, 0.4) is 0 Å². The van der Waals surface area contributed by atoms with Gasteiger partial charge < -0.3 is 38.8 Å². The third kappa shape index (κ3) is 14.2. The van der Waals surface area contributed by atoms with Crippen molar-refractivity contribution in [3.05, 3.63) is 53.9 Å². The van der Waals surface area contributed by atoms with E-state index in [0.717, 1.165) is 18.4 Å². The average molecular weight is 966 g/mol. The smallest absolute Gasteiger partial charge is 0.329 e. The summed E-state index contributed by atoms with van der Waals surface area (Å²) in [6.45, 7) is 12.8. The topological polar surface area (TPSA) is 219 Å². The third-order valence-electron chi connectivity index (χ3n) is 15.2. The highest BCUT2D eigenvalue weighted by molar-refractivity contribution is 6.39. The molecule has 3 fully saturated rings. The normalized spacial score (nSPS) is 37.5. The number of fused-ring (bicyclic) bond motifs is 3. The zero-order valence-corrected chi connectivity index (χ0v) is 42.5. The number of carbonyl (C=O) groups is 5. The van der Waals surface area contributed by atoms with Gasteiger partial charge in [0, 0.05) is 58.5 Å². The van der Waals surface area contributed by atoms with E-state index in [4.69, 9.17) is 23.7 Å². The molecule has 69 heavy (non-hydrogen) atoms. The van der Waals surface area contributed by atoms with Crippen LogP contribution in [0.1, 0.15) is 132 Å². The minimum absolute atomic E-state index is 0.0170. The Hall–Kier alpha value is -4.26. The number of amides is 1. The maximum Gasteiger partial charge on any atom is 0.329 e. The van der Waals surface area contributed by atoms with Gasteiger partial charge >= 0.3 is 5.97 Å². The Morgan fingerprint density at radius 2 is 1.64 bits per heavy atom. The number of tetrazole rings is 1. The summed E-state index contributed by atoms with van der Waals surface area (Å²) < 4.78 is 31.6. The van der Waals surface area contributed by atoms with Crippen LogP contribution in [0.15, 0.2) is 53.9 Å². The molecule has 0 spiro atoms. The first-order valence-corrected chi connectivity index (χ1v) is 25.0. The minimum Gasteiger partial charge on any atom is -0.460 e. The van der Waals surface area contributed by atoms with E-state index < -0.39 is 77.8 Å². The molecule has 384 valence electrons. The Bertz CT molecular complexity index is 2020. The molecule has 1 aromatic heterocycles. The first-order chi connectivity index (χ1) is 32.8. The quantitative estimate of drug-likeness (QED) is 0.181. The van der Waals surface area contributed by atoms with E-state index in [2.05, 4.69) is 15.5 Å². The molecule has 17 nitrogen and oxygen atoms in total. The zero-order valence-electron chi connectivity index (χ0n) is 42.5. The Labute approximate surface area is 408 Å². The lowest BCUT2D eigenvalue weighted by Gasteiger charge is -2.42.